The Balaban J connectivity index is 1.26. The van der Waals surface area contributed by atoms with Gasteiger partial charge in [-0.25, -0.2) is 0 Å². The second-order valence-corrected chi connectivity index (χ2v) is 9.75. The molecule has 1 aromatic heterocycles. The van der Waals surface area contributed by atoms with E-state index in [1.54, 1.807) is 24.1 Å². The van der Waals surface area contributed by atoms with Gasteiger partial charge >= 0.3 is 0 Å². The van der Waals surface area contributed by atoms with Crippen molar-refractivity contribution in [1.29, 1.82) is 0 Å². The molecular weight excluding hydrogens is 470 g/mol. The molecule has 8 nitrogen and oxygen atoms in total. The maximum absolute atomic E-state index is 13.6. The number of hydrogen-bond acceptors (Lipinski definition) is 6. The molecule has 0 bridgehead atoms. The van der Waals surface area contributed by atoms with Crippen LogP contribution in [-0.2, 0) is 6.54 Å². The lowest BCUT2D eigenvalue weighted by atomic mass is 10.0. The maximum Gasteiger partial charge on any atom is 0.263 e. The number of pyridine rings is 1. The van der Waals surface area contributed by atoms with Crippen molar-refractivity contribution in [2.75, 3.05) is 12.0 Å². The predicted molar refractivity (Wildman–Crippen MR) is 136 cm³/mol. The third-order valence-corrected chi connectivity index (χ3v) is 7.54. The molecule has 3 amide bonds. The van der Waals surface area contributed by atoms with Gasteiger partial charge < -0.3 is 14.4 Å². The smallest absolute Gasteiger partial charge is 0.263 e. The Labute approximate surface area is 214 Å². The Morgan fingerprint density at radius 3 is 2.43 bits per heavy atom. The minimum atomic E-state index is -0.372. The van der Waals surface area contributed by atoms with Crippen molar-refractivity contribution in [2.24, 2.45) is 0 Å². The van der Waals surface area contributed by atoms with Crippen LogP contribution in [0.4, 0.5) is 5.69 Å². The number of aromatic nitrogens is 1. The molecule has 3 heterocycles. The monoisotopic (exact) mass is 497 g/mol. The zero-order valence-corrected chi connectivity index (χ0v) is 20.8. The average molecular weight is 498 g/mol. The van der Waals surface area contributed by atoms with Gasteiger partial charge in [-0.3, -0.25) is 24.3 Å². The number of hydrogen-bond donors (Lipinski definition) is 0. The molecule has 1 unspecified atom stereocenters. The Kier molecular flexibility index (Phi) is 5.67. The zero-order valence-electron chi connectivity index (χ0n) is 20.8. The van der Waals surface area contributed by atoms with E-state index < -0.39 is 0 Å². The minimum Gasteiger partial charge on any atom is -0.493 e. The SMILES string of the molecule is COc1ccc(N2C(=O)c3cc(CN4C(=O)c5ccncc5C4=O)ccc3C2C)cc1OC1CCCC1. The van der Waals surface area contributed by atoms with Crippen molar-refractivity contribution in [3.8, 4) is 11.5 Å². The normalized spacial score (nSPS) is 19.0. The number of carbonyl (C=O) groups is 3. The molecule has 188 valence electrons. The third kappa shape index (κ3) is 3.84. The van der Waals surface area contributed by atoms with Crippen LogP contribution in [-0.4, -0.2) is 40.8 Å². The van der Waals surface area contributed by atoms with Gasteiger partial charge in [0, 0.05) is 29.7 Å². The van der Waals surface area contributed by atoms with E-state index in [0.29, 0.717) is 33.8 Å². The second kappa shape index (κ2) is 9.03. The molecule has 37 heavy (non-hydrogen) atoms. The van der Waals surface area contributed by atoms with Crippen LogP contribution >= 0.6 is 0 Å². The van der Waals surface area contributed by atoms with Crippen molar-refractivity contribution in [3.05, 3.63) is 82.7 Å². The molecular formula is C29H27N3O5. The summed E-state index contributed by atoms with van der Waals surface area (Å²) in [6.07, 6.45) is 7.43. The summed E-state index contributed by atoms with van der Waals surface area (Å²) in [5.41, 5.74) is 3.57. The van der Waals surface area contributed by atoms with E-state index in [4.69, 9.17) is 9.47 Å². The van der Waals surface area contributed by atoms with Crippen molar-refractivity contribution in [1.82, 2.24) is 9.88 Å². The van der Waals surface area contributed by atoms with Crippen LogP contribution in [0.3, 0.4) is 0 Å². The van der Waals surface area contributed by atoms with E-state index in [1.807, 2.05) is 37.3 Å². The van der Waals surface area contributed by atoms with E-state index >= 15 is 0 Å². The second-order valence-electron chi connectivity index (χ2n) is 9.75. The van der Waals surface area contributed by atoms with Crippen LogP contribution < -0.4 is 14.4 Å². The highest BCUT2D eigenvalue weighted by Gasteiger charge is 2.38. The van der Waals surface area contributed by atoms with Crippen molar-refractivity contribution >= 4 is 23.4 Å². The standard InChI is InChI=1S/C29H27N3O5/c1-17-21-9-7-18(16-31-27(33)22-11-12-30-15-24(22)28(31)34)13-23(21)29(35)32(17)19-8-10-25(36-2)26(14-19)37-20-5-3-4-6-20/h7-15,17,20H,3-6,16H2,1-2H3. The molecule has 0 radical (unpaired) electrons. The van der Waals surface area contributed by atoms with Gasteiger partial charge in [-0.05, 0) is 68.0 Å². The zero-order chi connectivity index (χ0) is 25.7. The van der Waals surface area contributed by atoms with Crippen LogP contribution in [0.5, 0.6) is 11.5 Å². The van der Waals surface area contributed by atoms with Gasteiger partial charge in [-0.15, -0.1) is 0 Å². The number of rotatable bonds is 6. The van der Waals surface area contributed by atoms with E-state index in [2.05, 4.69) is 4.98 Å². The van der Waals surface area contributed by atoms with Crippen LogP contribution in [0.1, 0.15) is 80.8 Å². The summed E-state index contributed by atoms with van der Waals surface area (Å²) in [6, 6.07) is 12.5. The van der Waals surface area contributed by atoms with E-state index in [0.717, 1.165) is 36.9 Å². The number of methoxy groups -OCH3 is 1. The maximum atomic E-state index is 13.6. The van der Waals surface area contributed by atoms with Crippen molar-refractivity contribution in [2.45, 2.75) is 51.3 Å². The lowest BCUT2D eigenvalue weighted by Crippen LogP contribution is -2.29. The summed E-state index contributed by atoms with van der Waals surface area (Å²) in [5.74, 6) is 0.433. The highest BCUT2D eigenvalue weighted by atomic mass is 16.5. The highest BCUT2D eigenvalue weighted by molar-refractivity contribution is 6.21. The van der Waals surface area contributed by atoms with Gasteiger partial charge in [-0.2, -0.15) is 0 Å². The number of fused-ring (bicyclic) bond motifs is 2. The van der Waals surface area contributed by atoms with Gasteiger partial charge in [0.25, 0.3) is 17.7 Å². The molecule has 1 atom stereocenters. The van der Waals surface area contributed by atoms with Gasteiger partial charge in [0.05, 0.1) is 36.9 Å². The molecule has 0 saturated heterocycles. The number of benzene rings is 2. The number of amides is 3. The average Bonchev–Trinajstić information content (AvgIpc) is 3.58. The Morgan fingerprint density at radius 1 is 0.892 bits per heavy atom. The van der Waals surface area contributed by atoms with Crippen LogP contribution in [0, 0.1) is 0 Å². The van der Waals surface area contributed by atoms with E-state index in [9.17, 15) is 14.4 Å². The molecule has 0 spiro atoms. The number of ether oxygens (including phenoxy) is 2. The van der Waals surface area contributed by atoms with Gasteiger partial charge in [0.2, 0.25) is 0 Å². The number of imide groups is 1. The summed E-state index contributed by atoms with van der Waals surface area (Å²) < 4.78 is 11.8. The molecule has 0 N–H and O–H groups in total. The first kappa shape index (κ1) is 23.2. The molecule has 1 fully saturated rings. The van der Waals surface area contributed by atoms with Gasteiger partial charge in [0.15, 0.2) is 11.5 Å². The summed E-state index contributed by atoms with van der Waals surface area (Å²) in [7, 11) is 1.61. The largest absolute Gasteiger partial charge is 0.493 e. The Bertz CT molecular complexity index is 1390. The van der Waals surface area contributed by atoms with Crippen LogP contribution in [0.25, 0.3) is 0 Å². The Hall–Kier alpha value is -4.20. The fourth-order valence-electron chi connectivity index (χ4n) is 5.59. The van der Waals surface area contributed by atoms with E-state index in [-0.39, 0.29) is 36.4 Å². The fourth-order valence-corrected chi connectivity index (χ4v) is 5.59. The molecule has 2 aromatic carbocycles. The lowest BCUT2D eigenvalue weighted by Gasteiger charge is -2.24. The van der Waals surface area contributed by atoms with E-state index in [1.165, 1.54) is 17.3 Å². The van der Waals surface area contributed by atoms with Crippen LogP contribution in [0.2, 0.25) is 0 Å². The van der Waals surface area contributed by atoms with Gasteiger partial charge in [0.1, 0.15) is 0 Å². The summed E-state index contributed by atoms with van der Waals surface area (Å²) in [5, 5.41) is 0. The van der Waals surface area contributed by atoms with Crippen molar-refractivity contribution < 1.29 is 23.9 Å². The van der Waals surface area contributed by atoms with Gasteiger partial charge in [-0.1, -0.05) is 12.1 Å². The Morgan fingerprint density at radius 2 is 1.68 bits per heavy atom. The molecule has 1 saturated carbocycles. The first-order chi connectivity index (χ1) is 18.0. The topological polar surface area (TPSA) is 89.0 Å². The molecule has 2 aliphatic heterocycles. The molecule has 3 aromatic rings. The lowest BCUT2D eigenvalue weighted by molar-refractivity contribution is 0.0642. The molecule has 6 rings (SSSR count). The number of carbonyl (C=O) groups excluding carboxylic acids is 3. The quantitative estimate of drug-likeness (QED) is 0.449. The first-order valence-corrected chi connectivity index (χ1v) is 12.6. The summed E-state index contributed by atoms with van der Waals surface area (Å²) in [4.78, 5) is 46.1. The highest BCUT2D eigenvalue weighted by Crippen LogP contribution is 2.42. The number of anilines is 1. The van der Waals surface area contributed by atoms with Crippen molar-refractivity contribution in [3.63, 3.8) is 0 Å². The minimum absolute atomic E-state index is 0.0865. The third-order valence-electron chi connectivity index (χ3n) is 7.54. The number of nitrogens with zero attached hydrogens (tertiary/aromatic N) is 3. The summed E-state index contributed by atoms with van der Waals surface area (Å²) in [6.45, 7) is 2.07. The first-order valence-electron chi connectivity index (χ1n) is 12.6. The molecule has 1 aliphatic carbocycles. The fraction of sp³-hybridized carbons (Fsp3) is 0.310. The predicted octanol–water partition coefficient (Wildman–Crippen LogP) is 4.93. The van der Waals surface area contributed by atoms with Crippen LogP contribution in [0.15, 0.2) is 54.9 Å². The molecule has 8 heteroatoms. The molecule has 3 aliphatic rings. The summed E-state index contributed by atoms with van der Waals surface area (Å²) >= 11 is 0.